The number of amides is 3. The Morgan fingerprint density at radius 2 is 1.81 bits per heavy atom. The monoisotopic (exact) mass is 441 g/mol. The van der Waals surface area contributed by atoms with E-state index < -0.39 is 48.0 Å². The number of para-hydroxylation sites is 1. The quantitative estimate of drug-likeness (QED) is 0.700. The molecular weight excluding hydrogens is 425 g/mol. The fourth-order valence-electron chi connectivity index (χ4n) is 3.12. The Balaban J connectivity index is 1.71. The molecule has 1 fully saturated rings. The molecule has 3 rings (SSSR count). The second kappa shape index (κ2) is 8.70. The van der Waals surface area contributed by atoms with Crippen LogP contribution in [0.4, 0.5) is 33.3 Å². The van der Waals surface area contributed by atoms with Crippen LogP contribution >= 0.6 is 0 Å². The summed E-state index contributed by atoms with van der Waals surface area (Å²) in [5, 5.41) is 4.15. The number of benzene rings is 2. The number of anilines is 2. The first-order chi connectivity index (χ1) is 14.5. The topological polar surface area (TPSA) is 78.5 Å². The van der Waals surface area contributed by atoms with Gasteiger partial charge in [0.2, 0.25) is 11.8 Å². The van der Waals surface area contributed by atoms with E-state index in [1.165, 1.54) is 24.3 Å². The fraction of sp³-hybridized carbons (Fsp3) is 0.250. The van der Waals surface area contributed by atoms with E-state index in [-0.39, 0.29) is 29.9 Å². The van der Waals surface area contributed by atoms with Gasteiger partial charge in [0.1, 0.15) is 18.2 Å². The number of nitrogens with one attached hydrogen (secondary N) is 2. The third-order valence-electron chi connectivity index (χ3n) is 4.58. The molecule has 1 unspecified atom stereocenters. The Morgan fingerprint density at radius 1 is 1.10 bits per heavy atom. The van der Waals surface area contributed by atoms with Crippen molar-refractivity contribution in [3.05, 3.63) is 59.7 Å². The van der Waals surface area contributed by atoms with Crippen LogP contribution in [0.5, 0.6) is 0 Å². The van der Waals surface area contributed by atoms with E-state index in [1.807, 2.05) is 0 Å². The fourth-order valence-corrected chi connectivity index (χ4v) is 3.12. The van der Waals surface area contributed by atoms with Crippen LogP contribution in [0.2, 0.25) is 0 Å². The molecule has 2 aromatic carbocycles. The summed E-state index contributed by atoms with van der Waals surface area (Å²) in [4.78, 5) is 37.9. The highest BCUT2D eigenvalue weighted by Crippen LogP contribution is 2.29. The van der Waals surface area contributed by atoms with Gasteiger partial charge in [-0.25, -0.2) is 8.78 Å². The van der Waals surface area contributed by atoms with Crippen molar-refractivity contribution in [2.45, 2.75) is 12.6 Å². The number of carbonyl (C=O) groups excluding carboxylic acids is 3. The van der Waals surface area contributed by atoms with Gasteiger partial charge in [-0.05, 0) is 24.3 Å². The predicted molar refractivity (Wildman–Crippen MR) is 100 cm³/mol. The molecule has 1 atom stereocenters. The van der Waals surface area contributed by atoms with E-state index in [9.17, 15) is 36.3 Å². The van der Waals surface area contributed by atoms with Crippen LogP contribution < -0.4 is 15.5 Å². The molecule has 164 valence electrons. The number of alkyl halides is 3. The molecule has 0 spiro atoms. The molecule has 0 saturated carbocycles. The number of hydrogen-bond donors (Lipinski definition) is 2. The molecule has 1 saturated heterocycles. The smallest absolute Gasteiger partial charge is 0.343 e. The van der Waals surface area contributed by atoms with Crippen molar-refractivity contribution in [2.24, 2.45) is 5.92 Å². The lowest BCUT2D eigenvalue weighted by Gasteiger charge is -2.18. The van der Waals surface area contributed by atoms with Gasteiger partial charge in [0.15, 0.2) is 0 Å². The number of nitrogens with zero attached hydrogens (tertiary/aromatic N) is 1. The molecule has 2 aromatic rings. The van der Waals surface area contributed by atoms with E-state index in [0.29, 0.717) is 6.07 Å². The van der Waals surface area contributed by atoms with Crippen molar-refractivity contribution >= 4 is 29.1 Å². The number of carbonyl (C=O) groups is 3. The molecule has 0 aliphatic carbocycles. The normalized spacial score (nSPS) is 16.4. The van der Waals surface area contributed by atoms with Crippen LogP contribution in [0.1, 0.15) is 16.8 Å². The first-order valence-electron chi connectivity index (χ1n) is 9.05. The first kappa shape index (κ1) is 22.2. The van der Waals surface area contributed by atoms with Crippen LogP contribution in [-0.4, -0.2) is 37.0 Å². The Hall–Kier alpha value is -3.50. The zero-order chi connectivity index (χ0) is 22.8. The largest absolute Gasteiger partial charge is 0.405 e. The van der Waals surface area contributed by atoms with Gasteiger partial charge in [0, 0.05) is 19.0 Å². The molecule has 6 nitrogen and oxygen atoms in total. The zero-order valence-electron chi connectivity index (χ0n) is 15.8. The summed E-state index contributed by atoms with van der Waals surface area (Å²) in [6, 6.07) is 8.13. The average molecular weight is 441 g/mol. The Morgan fingerprint density at radius 3 is 2.48 bits per heavy atom. The molecule has 1 aliphatic heterocycles. The van der Waals surface area contributed by atoms with E-state index in [1.54, 1.807) is 5.32 Å². The van der Waals surface area contributed by atoms with Crippen molar-refractivity contribution in [3.63, 3.8) is 0 Å². The molecule has 1 aliphatic rings. The number of halogens is 5. The van der Waals surface area contributed by atoms with Gasteiger partial charge in [0.05, 0.1) is 22.9 Å². The molecule has 0 bridgehead atoms. The van der Waals surface area contributed by atoms with Crippen molar-refractivity contribution in [2.75, 3.05) is 23.3 Å². The summed E-state index contributed by atoms with van der Waals surface area (Å²) in [5.74, 6) is -4.95. The highest BCUT2D eigenvalue weighted by atomic mass is 19.4. The molecule has 31 heavy (non-hydrogen) atoms. The van der Waals surface area contributed by atoms with Gasteiger partial charge < -0.3 is 15.5 Å². The number of hydrogen-bond acceptors (Lipinski definition) is 3. The summed E-state index contributed by atoms with van der Waals surface area (Å²) in [5.41, 5.74) is -0.398. The molecule has 0 radical (unpaired) electrons. The lowest BCUT2D eigenvalue weighted by Crippen LogP contribution is -2.34. The summed E-state index contributed by atoms with van der Waals surface area (Å²) >= 11 is 0. The Kier molecular flexibility index (Phi) is 6.23. The minimum Gasteiger partial charge on any atom is -0.343 e. The highest BCUT2D eigenvalue weighted by molar-refractivity contribution is 6.07. The molecule has 3 amide bonds. The summed E-state index contributed by atoms with van der Waals surface area (Å²) < 4.78 is 64.1. The van der Waals surface area contributed by atoms with Crippen molar-refractivity contribution in [1.29, 1.82) is 0 Å². The van der Waals surface area contributed by atoms with E-state index in [2.05, 4.69) is 5.32 Å². The molecule has 2 N–H and O–H groups in total. The summed E-state index contributed by atoms with van der Waals surface area (Å²) in [6.07, 6.45) is -4.86. The first-order valence-corrected chi connectivity index (χ1v) is 9.05. The lowest BCUT2D eigenvalue weighted by atomic mass is 10.1. The van der Waals surface area contributed by atoms with E-state index >= 15 is 0 Å². The standard InChI is InChI=1S/C20H16F5N3O3/c21-12-5-6-16(14(22)8-12)28-9-11(7-17(28)29)18(30)27-15-4-2-1-3-13(15)19(31)26-10-20(23,24)25/h1-6,8,11H,7,9-10H2,(H,26,31)(H,27,30). The van der Waals surface area contributed by atoms with Gasteiger partial charge in [0.25, 0.3) is 5.91 Å². The SMILES string of the molecule is O=C(NCC(F)(F)F)c1ccccc1NC(=O)C1CC(=O)N(c2ccc(F)cc2F)C1. The van der Waals surface area contributed by atoms with Gasteiger partial charge in [-0.1, -0.05) is 12.1 Å². The van der Waals surface area contributed by atoms with Crippen LogP contribution in [0.3, 0.4) is 0 Å². The second-order valence-corrected chi connectivity index (χ2v) is 6.83. The van der Waals surface area contributed by atoms with E-state index in [0.717, 1.165) is 17.0 Å². The number of rotatable bonds is 5. The summed E-state index contributed by atoms with van der Waals surface area (Å²) in [6.45, 7) is -1.72. The van der Waals surface area contributed by atoms with Gasteiger partial charge in [-0.2, -0.15) is 13.2 Å². The van der Waals surface area contributed by atoms with Crippen LogP contribution in [-0.2, 0) is 9.59 Å². The Labute approximate surface area is 173 Å². The average Bonchev–Trinajstić information content (AvgIpc) is 3.07. The lowest BCUT2D eigenvalue weighted by molar-refractivity contribution is -0.123. The van der Waals surface area contributed by atoms with Gasteiger partial charge in [-0.3, -0.25) is 14.4 Å². The van der Waals surface area contributed by atoms with Crippen molar-refractivity contribution in [1.82, 2.24) is 5.32 Å². The maximum atomic E-state index is 14.0. The minimum absolute atomic E-state index is 0.0361. The van der Waals surface area contributed by atoms with Gasteiger partial charge in [-0.15, -0.1) is 0 Å². The molecule has 1 heterocycles. The maximum absolute atomic E-state index is 14.0. The minimum atomic E-state index is -4.60. The third kappa shape index (κ3) is 5.36. The maximum Gasteiger partial charge on any atom is 0.405 e. The third-order valence-corrected chi connectivity index (χ3v) is 4.58. The summed E-state index contributed by atoms with van der Waals surface area (Å²) in [7, 11) is 0. The zero-order valence-corrected chi connectivity index (χ0v) is 15.8. The van der Waals surface area contributed by atoms with Crippen LogP contribution in [0.15, 0.2) is 42.5 Å². The molecular formula is C20H16F5N3O3. The van der Waals surface area contributed by atoms with E-state index in [4.69, 9.17) is 0 Å². The van der Waals surface area contributed by atoms with Crippen molar-refractivity contribution < 1.29 is 36.3 Å². The predicted octanol–water partition coefficient (Wildman–Crippen LogP) is 3.25. The van der Waals surface area contributed by atoms with Crippen molar-refractivity contribution in [3.8, 4) is 0 Å². The second-order valence-electron chi connectivity index (χ2n) is 6.83. The van der Waals surface area contributed by atoms with Crippen LogP contribution in [0.25, 0.3) is 0 Å². The highest BCUT2D eigenvalue weighted by Gasteiger charge is 2.36. The molecule has 11 heteroatoms. The van der Waals surface area contributed by atoms with Gasteiger partial charge >= 0.3 is 6.18 Å². The molecule has 0 aromatic heterocycles. The van der Waals surface area contributed by atoms with Crippen LogP contribution in [0, 0.1) is 17.6 Å². The Bertz CT molecular complexity index is 1030.